The summed E-state index contributed by atoms with van der Waals surface area (Å²) in [6, 6.07) is 0.0354. The Morgan fingerprint density at radius 2 is 1.91 bits per heavy atom. The van der Waals surface area contributed by atoms with Crippen LogP contribution in [0.3, 0.4) is 0 Å². The highest BCUT2D eigenvalue weighted by molar-refractivity contribution is 7.13. The zero-order chi connectivity index (χ0) is 22.9. The zero-order valence-corrected chi connectivity index (χ0v) is 19.8. The highest BCUT2D eigenvalue weighted by Gasteiger charge is 2.62. The summed E-state index contributed by atoms with van der Waals surface area (Å²) in [6.45, 7) is 5.81. The Labute approximate surface area is 191 Å². The van der Waals surface area contributed by atoms with Crippen LogP contribution in [0.2, 0.25) is 0 Å². The van der Waals surface area contributed by atoms with E-state index in [1.54, 1.807) is 6.20 Å². The van der Waals surface area contributed by atoms with Crippen LogP contribution < -0.4 is 5.32 Å². The van der Waals surface area contributed by atoms with Crippen LogP contribution in [0.5, 0.6) is 0 Å². The Balaban J connectivity index is 1.36. The zero-order valence-electron chi connectivity index (χ0n) is 19.0. The molecule has 32 heavy (non-hydrogen) atoms. The molecule has 176 valence electrons. The number of nitrogens with one attached hydrogen (secondary N) is 1. The molecule has 8 heteroatoms. The van der Waals surface area contributed by atoms with E-state index in [0.717, 1.165) is 36.1 Å². The number of halogens is 3. The monoisotopic (exact) mass is 468 g/mol. The average molecular weight is 469 g/mol. The third kappa shape index (κ3) is 3.43. The first-order valence-corrected chi connectivity index (χ1v) is 12.8. The van der Waals surface area contributed by atoms with Crippen LogP contribution >= 0.6 is 11.3 Å². The van der Waals surface area contributed by atoms with Gasteiger partial charge in [-0.3, -0.25) is 0 Å². The summed E-state index contributed by atoms with van der Waals surface area (Å²) in [5.74, 6) is 2.59. The highest BCUT2D eigenvalue weighted by atomic mass is 32.1. The number of anilines is 1. The molecule has 3 aliphatic carbocycles. The van der Waals surface area contributed by atoms with E-state index < -0.39 is 12.7 Å². The SMILES string of the molecule is CC1[C@@H]2CC[C@@H]3[C@H](CC[C@]4(C)[C@@H](c5csc(NCC(F)(F)F)n5)CC[C@@H]34)[C@@]2(C)C=C[N+]1=O. The van der Waals surface area contributed by atoms with Gasteiger partial charge in [0.15, 0.2) is 5.13 Å². The molecule has 0 bridgehead atoms. The number of nitroso groups, excluding NO2 is 1. The molecule has 5 rings (SSSR count). The Morgan fingerprint density at radius 1 is 1.16 bits per heavy atom. The Hall–Kier alpha value is -1.44. The van der Waals surface area contributed by atoms with Gasteiger partial charge in [-0.25, -0.2) is 4.98 Å². The van der Waals surface area contributed by atoms with Crippen molar-refractivity contribution in [3.63, 3.8) is 0 Å². The van der Waals surface area contributed by atoms with Gasteiger partial charge in [0, 0.05) is 39.2 Å². The Bertz CT molecular complexity index is 930. The summed E-state index contributed by atoms with van der Waals surface area (Å²) in [6.07, 6.45) is 6.51. The topological polar surface area (TPSA) is 45.0 Å². The summed E-state index contributed by atoms with van der Waals surface area (Å²) in [5, 5.41) is 4.79. The molecule has 1 aromatic rings. The summed E-state index contributed by atoms with van der Waals surface area (Å²) in [4.78, 5) is 16.8. The van der Waals surface area contributed by atoms with Crippen molar-refractivity contribution in [1.29, 1.82) is 0 Å². The smallest absolute Gasteiger partial charge is 0.352 e. The van der Waals surface area contributed by atoms with Crippen molar-refractivity contribution in [3.05, 3.63) is 28.3 Å². The fourth-order valence-corrected chi connectivity index (χ4v) is 8.93. The number of allylic oxidation sites excluding steroid dienone is 1. The van der Waals surface area contributed by atoms with Crippen LogP contribution in [0.4, 0.5) is 18.3 Å². The number of fused-ring (bicyclic) bond motifs is 5. The molecule has 1 aromatic heterocycles. The van der Waals surface area contributed by atoms with Gasteiger partial charge in [-0.05, 0) is 67.8 Å². The fourth-order valence-electron chi connectivity index (χ4n) is 8.16. The largest absolute Gasteiger partial charge is 0.405 e. The fraction of sp³-hybridized carbons (Fsp3) is 0.792. The van der Waals surface area contributed by atoms with Crippen LogP contribution in [0.1, 0.15) is 70.9 Å². The summed E-state index contributed by atoms with van der Waals surface area (Å²) >= 11 is 1.29. The molecular formula is C24H33F3N3OS+. The lowest BCUT2D eigenvalue weighted by Gasteiger charge is -2.58. The molecule has 0 aromatic carbocycles. The minimum absolute atomic E-state index is 0.0354. The maximum Gasteiger partial charge on any atom is 0.405 e. The quantitative estimate of drug-likeness (QED) is 0.499. The van der Waals surface area contributed by atoms with Gasteiger partial charge in [0.25, 0.3) is 0 Å². The van der Waals surface area contributed by atoms with Gasteiger partial charge in [0.05, 0.1) is 5.69 Å². The third-order valence-electron chi connectivity index (χ3n) is 9.73. The van der Waals surface area contributed by atoms with Crippen molar-refractivity contribution >= 4 is 16.5 Å². The minimum atomic E-state index is -4.24. The molecule has 2 heterocycles. The van der Waals surface area contributed by atoms with Crippen molar-refractivity contribution < 1.29 is 17.9 Å². The first kappa shape index (κ1) is 22.4. The second-order valence-electron chi connectivity index (χ2n) is 11.1. The molecule has 8 atom stereocenters. The summed E-state index contributed by atoms with van der Waals surface area (Å²) in [7, 11) is 0. The third-order valence-corrected chi connectivity index (χ3v) is 10.5. The predicted octanol–water partition coefficient (Wildman–Crippen LogP) is 6.75. The number of thiazole rings is 1. The van der Waals surface area contributed by atoms with Crippen molar-refractivity contribution in [2.75, 3.05) is 11.9 Å². The first-order valence-electron chi connectivity index (χ1n) is 11.9. The molecule has 4 nitrogen and oxygen atoms in total. The normalized spacial score (nSPS) is 43.5. The molecule has 1 N–H and O–H groups in total. The van der Waals surface area contributed by atoms with Crippen LogP contribution in [0.15, 0.2) is 17.7 Å². The standard InChI is InChI=1S/C24H33F3N3OS/c1-14-16-5-4-15-17-6-7-19(20-12-32-21(29-20)28-13-24(25,26)27)22(17,2)9-8-18(15)23(16,3)10-11-30(14)31/h10-12,14-19H,4-9,13H2,1-3H3,(H,28,29)/q+1/t14?,15-,16-,17-,18-,19+,22-,23-/m0/s1. The number of alkyl halides is 3. The second kappa shape index (κ2) is 7.54. The lowest BCUT2D eigenvalue weighted by atomic mass is 9.46. The van der Waals surface area contributed by atoms with Crippen molar-refractivity contribution in [1.82, 2.24) is 4.98 Å². The number of nitrogens with zero attached hydrogens (tertiary/aromatic N) is 2. The van der Waals surface area contributed by atoms with E-state index in [-0.39, 0.29) is 16.9 Å². The van der Waals surface area contributed by atoms with Crippen LogP contribution in [0, 0.1) is 39.4 Å². The van der Waals surface area contributed by atoms with Crippen molar-refractivity contribution in [3.8, 4) is 0 Å². The van der Waals surface area contributed by atoms with E-state index >= 15 is 0 Å². The van der Waals surface area contributed by atoms with E-state index in [1.807, 2.05) is 5.38 Å². The molecule has 3 saturated carbocycles. The second-order valence-corrected chi connectivity index (χ2v) is 11.9. The number of aromatic nitrogens is 1. The molecule has 0 amide bonds. The molecule has 1 unspecified atom stereocenters. The van der Waals surface area contributed by atoms with Gasteiger partial charge >= 0.3 is 6.18 Å². The van der Waals surface area contributed by atoms with Crippen LogP contribution in [0.25, 0.3) is 0 Å². The molecule has 0 spiro atoms. The number of hydrogen-bond donors (Lipinski definition) is 1. The molecule has 3 fully saturated rings. The lowest BCUT2D eigenvalue weighted by Crippen LogP contribution is -2.55. The summed E-state index contributed by atoms with van der Waals surface area (Å²) in [5.41, 5.74) is 1.20. The average Bonchev–Trinajstić information content (AvgIpc) is 3.32. The van der Waals surface area contributed by atoms with Crippen LogP contribution in [-0.4, -0.2) is 28.5 Å². The Kier molecular flexibility index (Phi) is 5.27. The van der Waals surface area contributed by atoms with Gasteiger partial charge in [0.1, 0.15) is 6.54 Å². The molecular weight excluding hydrogens is 435 g/mol. The highest BCUT2D eigenvalue weighted by Crippen LogP contribution is 2.68. The van der Waals surface area contributed by atoms with E-state index in [4.69, 9.17) is 0 Å². The van der Waals surface area contributed by atoms with E-state index in [1.165, 1.54) is 24.2 Å². The molecule has 4 aliphatic rings. The molecule has 0 saturated heterocycles. The number of rotatable bonds is 3. The molecule has 1 aliphatic heterocycles. The van der Waals surface area contributed by atoms with Gasteiger partial charge in [-0.1, -0.05) is 13.8 Å². The van der Waals surface area contributed by atoms with E-state index in [2.05, 4.69) is 37.1 Å². The first-order chi connectivity index (χ1) is 15.0. The van der Waals surface area contributed by atoms with Crippen molar-refractivity contribution in [2.24, 2.45) is 34.5 Å². The van der Waals surface area contributed by atoms with Crippen LogP contribution in [-0.2, 0) is 0 Å². The minimum Gasteiger partial charge on any atom is -0.352 e. The van der Waals surface area contributed by atoms with E-state index in [0.29, 0.717) is 34.7 Å². The van der Waals surface area contributed by atoms with Gasteiger partial charge in [0.2, 0.25) is 12.2 Å². The molecule has 0 radical (unpaired) electrons. The van der Waals surface area contributed by atoms with Gasteiger partial charge in [-0.15, -0.1) is 11.3 Å². The van der Waals surface area contributed by atoms with E-state index in [9.17, 15) is 18.1 Å². The maximum absolute atomic E-state index is 12.6. The Morgan fingerprint density at radius 3 is 2.66 bits per heavy atom. The van der Waals surface area contributed by atoms with Gasteiger partial charge in [-0.2, -0.15) is 13.2 Å². The summed E-state index contributed by atoms with van der Waals surface area (Å²) < 4.78 is 38.9. The predicted molar refractivity (Wildman–Crippen MR) is 120 cm³/mol. The lowest BCUT2D eigenvalue weighted by molar-refractivity contribution is -0.540. The van der Waals surface area contributed by atoms with Crippen molar-refractivity contribution in [2.45, 2.75) is 77.4 Å². The maximum atomic E-state index is 12.6. The van der Waals surface area contributed by atoms with Gasteiger partial charge < -0.3 is 5.32 Å². The number of hydrogen-bond acceptors (Lipinski definition) is 4.